The second-order valence-corrected chi connectivity index (χ2v) is 2.78. The molecule has 86 valence electrons. The Hall–Kier alpha value is -1.67. The lowest BCUT2D eigenvalue weighted by molar-refractivity contribution is -0.148. The highest BCUT2D eigenvalue weighted by molar-refractivity contribution is 5.78. The monoisotopic (exact) mass is 220 g/mol. The Kier molecular flexibility index (Phi) is 5.27. The van der Waals surface area contributed by atoms with Gasteiger partial charge in [-0.15, -0.1) is 0 Å². The molecular weight excluding hydrogens is 208 g/mol. The molecule has 0 saturated carbocycles. The van der Waals surface area contributed by atoms with Gasteiger partial charge in [0.15, 0.2) is 0 Å². The van der Waals surface area contributed by atoms with Crippen molar-refractivity contribution in [3.63, 3.8) is 0 Å². The highest BCUT2D eigenvalue weighted by Gasteiger charge is 2.27. The third-order valence-corrected chi connectivity index (χ3v) is 1.63. The molecule has 8 heteroatoms. The Morgan fingerprint density at radius 1 is 1.07 bits per heavy atom. The first-order chi connectivity index (χ1) is 6.88. The number of carboxylic acid groups (broad SMARTS) is 3. The van der Waals surface area contributed by atoms with E-state index in [1.54, 1.807) is 0 Å². The first-order valence-electron chi connectivity index (χ1n) is 3.99. The molecule has 5 N–H and O–H groups in total. The van der Waals surface area contributed by atoms with Crippen LogP contribution >= 0.6 is 0 Å². The molecule has 0 aliphatic heterocycles. The Morgan fingerprint density at radius 3 is 1.67 bits per heavy atom. The summed E-state index contributed by atoms with van der Waals surface area (Å²) in [6.45, 7) is -1.71. The Bertz CT molecular complexity index is 250. The summed E-state index contributed by atoms with van der Waals surface area (Å²) in [6, 6.07) is -1.31. The fourth-order valence-corrected chi connectivity index (χ4v) is 1.03. The van der Waals surface area contributed by atoms with E-state index < -0.39 is 37.0 Å². The number of aliphatic carboxylic acids is 3. The summed E-state index contributed by atoms with van der Waals surface area (Å²) in [5.41, 5.74) is 5.12. The highest BCUT2D eigenvalue weighted by Crippen LogP contribution is 1.98. The average Bonchev–Trinajstić information content (AvgIpc) is 2.01. The Balaban J connectivity index is 4.64. The van der Waals surface area contributed by atoms with E-state index >= 15 is 0 Å². The van der Waals surface area contributed by atoms with Gasteiger partial charge < -0.3 is 21.1 Å². The van der Waals surface area contributed by atoms with E-state index in [2.05, 4.69) is 0 Å². The minimum Gasteiger partial charge on any atom is -0.480 e. The van der Waals surface area contributed by atoms with Crippen LogP contribution in [0.4, 0.5) is 0 Å². The van der Waals surface area contributed by atoms with Crippen LogP contribution in [0.2, 0.25) is 0 Å². The van der Waals surface area contributed by atoms with Gasteiger partial charge in [-0.25, -0.2) is 0 Å². The van der Waals surface area contributed by atoms with E-state index in [4.69, 9.17) is 21.1 Å². The van der Waals surface area contributed by atoms with Gasteiger partial charge >= 0.3 is 17.9 Å². The summed E-state index contributed by atoms with van der Waals surface area (Å²) in [5.74, 6) is -3.97. The van der Waals surface area contributed by atoms with Crippen molar-refractivity contribution in [3.05, 3.63) is 0 Å². The number of nitrogens with zero attached hydrogens (tertiary/aromatic N) is 1. The van der Waals surface area contributed by atoms with Crippen molar-refractivity contribution in [1.82, 2.24) is 4.90 Å². The van der Waals surface area contributed by atoms with Crippen LogP contribution in [0, 0.1) is 0 Å². The molecule has 0 aliphatic rings. The maximum absolute atomic E-state index is 10.6. The van der Waals surface area contributed by atoms with Gasteiger partial charge in [-0.1, -0.05) is 0 Å². The van der Waals surface area contributed by atoms with Gasteiger partial charge in [0.25, 0.3) is 0 Å². The molecule has 0 aromatic heterocycles. The van der Waals surface area contributed by atoms with Gasteiger partial charge in [-0.2, -0.15) is 0 Å². The van der Waals surface area contributed by atoms with Gasteiger partial charge in [0.2, 0.25) is 0 Å². The van der Waals surface area contributed by atoms with Gasteiger partial charge in [0, 0.05) is 6.54 Å². The van der Waals surface area contributed by atoms with Crippen LogP contribution in [0.15, 0.2) is 0 Å². The molecular formula is C7H12N2O6. The van der Waals surface area contributed by atoms with Crippen molar-refractivity contribution in [2.45, 2.75) is 6.04 Å². The molecule has 0 spiro atoms. The van der Waals surface area contributed by atoms with Crippen molar-refractivity contribution in [2.24, 2.45) is 5.73 Å². The number of rotatable bonds is 7. The third kappa shape index (κ3) is 4.93. The number of carbonyl (C=O) groups is 3. The topological polar surface area (TPSA) is 141 Å². The Morgan fingerprint density at radius 2 is 1.47 bits per heavy atom. The maximum Gasteiger partial charge on any atom is 0.322 e. The number of nitrogens with two attached hydrogens (primary N) is 1. The molecule has 0 rings (SSSR count). The van der Waals surface area contributed by atoms with E-state index in [0.29, 0.717) is 0 Å². The molecule has 0 heterocycles. The zero-order valence-corrected chi connectivity index (χ0v) is 7.79. The lowest BCUT2D eigenvalue weighted by Gasteiger charge is -2.24. The van der Waals surface area contributed by atoms with Crippen molar-refractivity contribution in [2.75, 3.05) is 19.6 Å². The zero-order valence-electron chi connectivity index (χ0n) is 7.79. The number of carboxylic acids is 3. The molecule has 0 amide bonds. The zero-order chi connectivity index (χ0) is 12.0. The quantitative estimate of drug-likeness (QED) is 0.381. The van der Waals surface area contributed by atoms with Crippen LogP contribution in [-0.2, 0) is 14.4 Å². The van der Waals surface area contributed by atoms with E-state index in [-0.39, 0.29) is 6.54 Å². The van der Waals surface area contributed by atoms with Gasteiger partial charge in [0.1, 0.15) is 6.04 Å². The summed E-state index contributed by atoms with van der Waals surface area (Å²) in [6.07, 6.45) is 0. The molecule has 0 saturated heterocycles. The van der Waals surface area contributed by atoms with Crippen molar-refractivity contribution >= 4 is 17.9 Å². The molecule has 0 bridgehead atoms. The smallest absolute Gasteiger partial charge is 0.322 e. The molecule has 0 aromatic rings. The minimum atomic E-state index is -1.35. The lowest BCUT2D eigenvalue weighted by atomic mass is 10.2. The predicted octanol–water partition coefficient (Wildman–Crippen LogP) is -2.13. The Labute approximate surface area is 84.9 Å². The fourth-order valence-electron chi connectivity index (χ4n) is 1.03. The van der Waals surface area contributed by atoms with Crippen molar-refractivity contribution in [1.29, 1.82) is 0 Å². The minimum absolute atomic E-state index is 0.351. The van der Waals surface area contributed by atoms with E-state index in [1.165, 1.54) is 0 Å². The van der Waals surface area contributed by atoms with Crippen molar-refractivity contribution in [3.8, 4) is 0 Å². The largest absolute Gasteiger partial charge is 0.480 e. The van der Waals surface area contributed by atoms with Gasteiger partial charge in [-0.3, -0.25) is 19.3 Å². The normalized spacial score (nSPS) is 12.4. The van der Waals surface area contributed by atoms with Crippen LogP contribution in [0.1, 0.15) is 0 Å². The molecule has 8 nitrogen and oxygen atoms in total. The molecule has 1 atom stereocenters. The van der Waals surface area contributed by atoms with Crippen LogP contribution in [0.25, 0.3) is 0 Å². The summed E-state index contributed by atoms with van der Waals surface area (Å²) in [4.78, 5) is 32.1. The summed E-state index contributed by atoms with van der Waals surface area (Å²) < 4.78 is 0. The van der Waals surface area contributed by atoms with Gasteiger partial charge in [-0.05, 0) is 0 Å². The summed E-state index contributed by atoms with van der Waals surface area (Å²) in [5, 5.41) is 25.6. The molecule has 0 aliphatic carbocycles. The average molecular weight is 220 g/mol. The maximum atomic E-state index is 10.6. The van der Waals surface area contributed by atoms with Crippen LogP contribution in [0.3, 0.4) is 0 Å². The molecule has 0 fully saturated rings. The summed E-state index contributed by atoms with van der Waals surface area (Å²) in [7, 11) is 0. The van der Waals surface area contributed by atoms with E-state index in [0.717, 1.165) is 4.90 Å². The fraction of sp³-hybridized carbons (Fsp3) is 0.571. The van der Waals surface area contributed by atoms with Crippen LogP contribution < -0.4 is 5.73 Å². The van der Waals surface area contributed by atoms with Crippen LogP contribution in [0.5, 0.6) is 0 Å². The second-order valence-electron chi connectivity index (χ2n) is 2.78. The van der Waals surface area contributed by atoms with Gasteiger partial charge in [0.05, 0.1) is 13.1 Å². The molecule has 0 radical (unpaired) electrons. The molecule has 1 unspecified atom stereocenters. The van der Waals surface area contributed by atoms with E-state index in [1.807, 2.05) is 0 Å². The van der Waals surface area contributed by atoms with E-state index in [9.17, 15) is 14.4 Å². The second kappa shape index (κ2) is 5.94. The summed E-state index contributed by atoms with van der Waals surface area (Å²) >= 11 is 0. The standard InChI is InChI=1S/C7H12N2O6/c8-1-4(7(14)15)9(2-5(10)11)3-6(12)13/h4H,1-3,8H2,(H,10,11)(H,12,13)(H,14,15). The lowest BCUT2D eigenvalue weighted by Crippen LogP contribution is -2.50. The van der Waals surface area contributed by atoms with Crippen LogP contribution in [-0.4, -0.2) is 63.8 Å². The first-order valence-corrected chi connectivity index (χ1v) is 3.99. The SMILES string of the molecule is NCC(C(=O)O)N(CC(=O)O)CC(=O)O. The molecule has 15 heavy (non-hydrogen) atoms. The molecule has 0 aromatic carbocycles. The first kappa shape index (κ1) is 13.3. The predicted molar refractivity (Wildman–Crippen MR) is 47.3 cm³/mol. The number of hydrogen-bond acceptors (Lipinski definition) is 5. The third-order valence-electron chi connectivity index (χ3n) is 1.63. The highest BCUT2D eigenvalue weighted by atomic mass is 16.4. The number of hydrogen-bond donors (Lipinski definition) is 4. The van der Waals surface area contributed by atoms with Crippen molar-refractivity contribution < 1.29 is 29.7 Å².